The predicted molar refractivity (Wildman–Crippen MR) is 125 cm³/mol. The summed E-state index contributed by atoms with van der Waals surface area (Å²) in [6, 6.07) is 1.02. The molecule has 0 spiro atoms. The molecule has 8 atom stereocenters. The highest BCUT2D eigenvalue weighted by Crippen LogP contribution is 2.34. The number of aliphatic hydroxyl groups excluding tert-OH is 4. The average Bonchev–Trinajstić information content (AvgIpc) is 3.19. The fraction of sp³-hybridized carbons (Fsp3) is 0.636. The number of unbranched alkanes of at least 4 members (excludes halogenated alkanes) is 2. The maximum Gasteiger partial charge on any atom is 0.330 e. The molecule has 8 N–H and O–H groups in total. The third kappa shape index (κ3) is 6.65. The summed E-state index contributed by atoms with van der Waals surface area (Å²) in [4.78, 5) is 50.5. The lowest BCUT2D eigenvalue weighted by atomic mass is 10.0. The van der Waals surface area contributed by atoms with Crippen LogP contribution in [0.1, 0.15) is 25.5 Å². The third-order valence-corrected chi connectivity index (χ3v) is 6.04. The van der Waals surface area contributed by atoms with Gasteiger partial charge in [-0.15, -0.1) is 0 Å². The first kappa shape index (κ1) is 29.4. The van der Waals surface area contributed by atoms with E-state index >= 15 is 0 Å². The largest absolute Gasteiger partial charge is 0.456 e. The van der Waals surface area contributed by atoms with Crippen molar-refractivity contribution in [2.24, 2.45) is 5.73 Å². The lowest BCUT2D eigenvalue weighted by Crippen LogP contribution is -2.54. The molecule has 0 bridgehead atoms. The Bertz CT molecular complexity index is 1120. The summed E-state index contributed by atoms with van der Waals surface area (Å²) in [5, 5.41) is 42.8. The van der Waals surface area contributed by atoms with Crippen molar-refractivity contribution < 1.29 is 49.0 Å². The Morgan fingerprint density at radius 2 is 1.95 bits per heavy atom. The summed E-state index contributed by atoms with van der Waals surface area (Å²) in [5.41, 5.74) is 3.92. The van der Waals surface area contributed by atoms with Crippen LogP contribution >= 0.6 is 0 Å². The van der Waals surface area contributed by atoms with Crippen LogP contribution in [0.15, 0.2) is 33.7 Å². The Morgan fingerprint density at radius 1 is 1.21 bits per heavy atom. The van der Waals surface area contributed by atoms with Gasteiger partial charge in [0.1, 0.15) is 30.5 Å². The minimum absolute atomic E-state index is 0.0281. The molecular formula is C22H32N4O12. The molecular weight excluding hydrogens is 512 g/mol. The van der Waals surface area contributed by atoms with Crippen molar-refractivity contribution in [3.05, 3.63) is 44.9 Å². The molecule has 1 aromatic heterocycles. The maximum absolute atomic E-state index is 12.5. The number of hydrogen-bond donors (Lipinski definition) is 7. The highest BCUT2D eigenvalue weighted by atomic mass is 16.7. The number of aromatic amines is 1. The second kappa shape index (κ2) is 13.1. The second-order valence-electron chi connectivity index (χ2n) is 8.70. The van der Waals surface area contributed by atoms with Gasteiger partial charge in [0.15, 0.2) is 18.1 Å². The summed E-state index contributed by atoms with van der Waals surface area (Å²) in [5.74, 6) is -2.23. The number of H-pyrrole nitrogens is 1. The molecule has 0 aromatic carbocycles. The summed E-state index contributed by atoms with van der Waals surface area (Å²) in [6.07, 6.45) is -8.70. The molecule has 2 aliphatic rings. The molecule has 2 aliphatic heterocycles. The lowest BCUT2D eigenvalue weighted by Gasteiger charge is -2.35. The zero-order valence-electron chi connectivity index (χ0n) is 20.5. The Morgan fingerprint density at radius 3 is 2.58 bits per heavy atom. The number of carbonyl (C=O) groups excluding carboxylic acids is 2. The third-order valence-electron chi connectivity index (χ3n) is 6.04. The van der Waals surface area contributed by atoms with Gasteiger partial charge in [-0.2, -0.15) is 0 Å². The molecule has 38 heavy (non-hydrogen) atoms. The Kier molecular flexibility index (Phi) is 10.1. The number of nitrogens with one attached hydrogen (secondary N) is 2. The van der Waals surface area contributed by atoms with Crippen LogP contribution in [0.25, 0.3) is 0 Å². The Hall–Kier alpha value is -3.12. The fourth-order valence-corrected chi connectivity index (χ4v) is 4.09. The second-order valence-corrected chi connectivity index (χ2v) is 8.70. The van der Waals surface area contributed by atoms with Gasteiger partial charge in [0.25, 0.3) is 11.5 Å². The number of amides is 2. The molecule has 1 aromatic rings. The normalized spacial score (nSPS) is 29.8. The van der Waals surface area contributed by atoms with Crippen LogP contribution in [0.4, 0.5) is 0 Å². The lowest BCUT2D eigenvalue weighted by molar-refractivity contribution is -0.241. The van der Waals surface area contributed by atoms with Gasteiger partial charge in [-0.3, -0.25) is 23.9 Å². The van der Waals surface area contributed by atoms with Crippen molar-refractivity contribution in [3.63, 3.8) is 0 Å². The minimum atomic E-state index is -1.77. The molecule has 0 saturated carbocycles. The number of hydrogen-bond acceptors (Lipinski definition) is 12. The van der Waals surface area contributed by atoms with Crippen LogP contribution in [-0.2, 0) is 28.5 Å². The molecule has 0 aliphatic carbocycles. The Labute approximate surface area is 215 Å². The van der Waals surface area contributed by atoms with Crippen LogP contribution in [0.5, 0.6) is 0 Å². The van der Waals surface area contributed by atoms with E-state index in [0.29, 0.717) is 19.3 Å². The number of rotatable bonds is 12. The van der Waals surface area contributed by atoms with Gasteiger partial charge >= 0.3 is 5.69 Å². The van der Waals surface area contributed by atoms with E-state index in [1.165, 1.54) is 7.11 Å². The monoisotopic (exact) mass is 544 g/mol. The van der Waals surface area contributed by atoms with Crippen LogP contribution in [-0.4, -0.2) is 105 Å². The van der Waals surface area contributed by atoms with Gasteiger partial charge < -0.3 is 50.4 Å². The van der Waals surface area contributed by atoms with Gasteiger partial charge in [0.05, 0.1) is 0 Å². The summed E-state index contributed by atoms with van der Waals surface area (Å²) in [7, 11) is 1.20. The highest BCUT2D eigenvalue weighted by Gasteiger charge is 2.52. The van der Waals surface area contributed by atoms with E-state index in [0.717, 1.165) is 22.9 Å². The highest BCUT2D eigenvalue weighted by molar-refractivity contribution is 5.91. The number of carbonyl (C=O) groups is 2. The van der Waals surface area contributed by atoms with E-state index in [-0.39, 0.29) is 18.9 Å². The van der Waals surface area contributed by atoms with Crippen molar-refractivity contribution in [1.29, 1.82) is 0 Å². The number of primary amides is 1. The first-order valence-corrected chi connectivity index (χ1v) is 11.8. The molecule has 0 radical (unpaired) electrons. The molecule has 3 heterocycles. The quantitative estimate of drug-likeness (QED) is 0.124. The zero-order chi connectivity index (χ0) is 28.0. The van der Waals surface area contributed by atoms with Gasteiger partial charge in [-0.1, -0.05) is 0 Å². The molecule has 2 amide bonds. The van der Waals surface area contributed by atoms with Crippen LogP contribution < -0.4 is 22.3 Å². The van der Waals surface area contributed by atoms with E-state index in [1.807, 2.05) is 4.98 Å². The number of nitrogens with zero attached hydrogens (tertiary/aromatic N) is 1. The van der Waals surface area contributed by atoms with Crippen molar-refractivity contribution >= 4 is 11.8 Å². The smallest absolute Gasteiger partial charge is 0.330 e. The number of methoxy groups -OCH3 is 1. The Balaban J connectivity index is 1.76. The standard InChI is InChI=1S/C22H32N4O12/c1-35-15-14(31)20(26-7-5-12(29)25-22(26)34)37-16(15)17(18(23)32)38-21-13(30)10(28)9-11(36-21)19(33)24-6-3-2-4-8-27/h5,7,9-10,13-17,20-21,27-28,30-31H,2-4,6,8H2,1H3,(H2,23,32)(H,24,33)(H,25,29,34)/t10-,13-,14+,15-,16?,17+,20+,21+/m0/s1. The summed E-state index contributed by atoms with van der Waals surface area (Å²) < 4.78 is 22.8. The number of aliphatic hydroxyl groups is 4. The molecule has 3 rings (SSSR count). The number of ether oxygens (including phenoxy) is 4. The van der Waals surface area contributed by atoms with Gasteiger partial charge in [0.2, 0.25) is 12.2 Å². The molecule has 1 unspecified atom stereocenters. The number of nitrogens with two attached hydrogens (primary N) is 1. The summed E-state index contributed by atoms with van der Waals surface area (Å²) in [6.45, 7) is 0.281. The van der Waals surface area contributed by atoms with Crippen LogP contribution in [0, 0.1) is 0 Å². The van der Waals surface area contributed by atoms with Crippen molar-refractivity contribution in [3.8, 4) is 0 Å². The predicted octanol–water partition coefficient (Wildman–Crippen LogP) is -4.08. The van der Waals surface area contributed by atoms with Gasteiger partial charge in [-0.25, -0.2) is 4.79 Å². The van der Waals surface area contributed by atoms with Crippen LogP contribution in [0.3, 0.4) is 0 Å². The zero-order valence-corrected chi connectivity index (χ0v) is 20.5. The first-order valence-electron chi connectivity index (χ1n) is 11.8. The van der Waals surface area contributed by atoms with E-state index in [4.69, 9.17) is 29.8 Å². The van der Waals surface area contributed by atoms with E-state index in [1.54, 1.807) is 0 Å². The average molecular weight is 545 g/mol. The fourth-order valence-electron chi connectivity index (χ4n) is 4.09. The molecule has 16 heteroatoms. The van der Waals surface area contributed by atoms with Crippen molar-refractivity contribution in [2.45, 2.75) is 68.4 Å². The van der Waals surface area contributed by atoms with Gasteiger partial charge in [0, 0.05) is 32.5 Å². The summed E-state index contributed by atoms with van der Waals surface area (Å²) >= 11 is 0. The SMILES string of the molecule is CO[C@@H]1C([C@@H](O[C@H]2OC(C(=O)NCCCCCO)=C[C@H](O)[C@@H]2O)C(N)=O)O[C@@H](n2ccc(=O)[nH]c2=O)[C@@H]1O. The topological polar surface area (TPSA) is 245 Å². The van der Waals surface area contributed by atoms with Crippen molar-refractivity contribution in [1.82, 2.24) is 14.9 Å². The molecule has 1 fully saturated rings. The number of aromatic nitrogens is 2. The maximum atomic E-state index is 12.5. The van der Waals surface area contributed by atoms with E-state index in [9.17, 15) is 34.5 Å². The van der Waals surface area contributed by atoms with E-state index in [2.05, 4.69) is 5.32 Å². The molecule has 1 saturated heterocycles. The van der Waals surface area contributed by atoms with E-state index < -0.39 is 72.2 Å². The van der Waals surface area contributed by atoms with Gasteiger partial charge in [-0.05, 0) is 25.3 Å². The first-order chi connectivity index (χ1) is 18.1. The van der Waals surface area contributed by atoms with Crippen molar-refractivity contribution in [2.75, 3.05) is 20.3 Å². The minimum Gasteiger partial charge on any atom is -0.456 e. The molecule has 16 nitrogen and oxygen atoms in total. The van der Waals surface area contributed by atoms with Crippen LogP contribution in [0.2, 0.25) is 0 Å². The molecule has 212 valence electrons.